The largest absolute Gasteiger partial charge is 0.507 e. The minimum Gasteiger partial charge on any atom is -0.507 e. The van der Waals surface area contributed by atoms with Crippen molar-refractivity contribution in [3.05, 3.63) is 101 Å². The molecule has 0 radical (unpaired) electrons. The zero-order valence-corrected chi connectivity index (χ0v) is 20.8. The quantitative estimate of drug-likeness (QED) is 0.277. The Hall–Kier alpha value is -4.39. The lowest BCUT2D eigenvalue weighted by Crippen LogP contribution is -2.30. The summed E-state index contributed by atoms with van der Waals surface area (Å²) in [5.74, 6) is 0.0186. The van der Waals surface area contributed by atoms with E-state index in [1.165, 1.54) is 10.7 Å². The molecule has 0 aliphatic heterocycles. The average molecular weight is 495 g/mol. The fourth-order valence-corrected chi connectivity index (χ4v) is 4.78. The van der Waals surface area contributed by atoms with Gasteiger partial charge >= 0.3 is 6.03 Å². The third-order valence-electron chi connectivity index (χ3n) is 6.83. The Balaban J connectivity index is 1.42. The molecule has 0 unspecified atom stereocenters. The van der Waals surface area contributed by atoms with Crippen molar-refractivity contribution in [3.8, 4) is 17.0 Å². The Kier molecular flexibility index (Phi) is 7.03. The van der Waals surface area contributed by atoms with Gasteiger partial charge in [-0.3, -0.25) is 4.79 Å². The van der Waals surface area contributed by atoms with Gasteiger partial charge in [-0.15, -0.1) is 0 Å². The molecule has 4 aromatic rings. The molecule has 1 aliphatic carbocycles. The summed E-state index contributed by atoms with van der Waals surface area (Å²) in [5, 5.41) is 21.1. The van der Waals surface area contributed by atoms with Crippen LogP contribution in [0, 0.1) is 6.92 Å². The van der Waals surface area contributed by atoms with E-state index in [-0.39, 0.29) is 23.6 Å². The second kappa shape index (κ2) is 10.7. The van der Waals surface area contributed by atoms with Gasteiger partial charge in [-0.2, -0.15) is 9.78 Å². The molecule has 188 valence electrons. The minimum absolute atomic E-state index is 0.0284. The molecule has 5 rings (SSSR count). The highest BCUT2D eigenvalue weighted by Crippen LogP contribution is 2.38. The second-order valence-corrected chi connectivity index (χ2v) is 9.54. The molecule has 3 N–H and O–H groups in total. The summed E-state index contributed by atoms with van der Waals surface area (Å²) in [5.41, 5.74) is 4.93. The zero-order valence-electron chi connectivity index (χ0n) is 20.8. The summed E-state index contributed by atoms with van der Waals surface area (Å²) in [6.45, 7) is 2.36. The van der Waals surface area contributed by atoms with Crippen molar-refractivity contribution in [1.29, 1.82) is 0 Å². The molecule has 0 saturated heterocycles. The molecular formula is C30H30N4O3. The lowest BCUT2D eigenvalue weighted by Gasteiger charge is -2.12. The number of hydrogen-bond acceptors (Lipinski definition) is 4. The highest BCUT2D eigenvalue weighted by atomic mass is 16.3. The van der Waals surface area contributed by atoms with Crippen LogP contribution < -0.4 is 10.6 Å². The minimum atomic E-state index is -0.305. The predicted octanol–water partition coefficient (Wildman–Crippen LogP) is 6.23. The average Bonchev–Trinajstić information content (AvgIpc) is 3.60. The van der Waals surface area contributed by atoms with Crippen molar-refractivity contribution >= 4 is 17.6 Å². The van der Waals surface area contributed by atoms with E-state index in [0.717, 1.165) is 42.5 Å². The molecule has 0 atom stereocenters. The molecule has 37 heavy (non-hydrogen) atoms. The summed E-state index contributed by atoms with van der Waals surface area (Å²) in [6.07, 6.45) is 4.22. The van der Waals surface area contributed by atoms with Crippen molar-refractivity contribution in [2.24, 2.45) is 0 Å². The van der Waals surface area contributed by atoms with Crippen LogP contribution in [-0.4, -0.2) is 26.8 Å². The number of nitrogens with zero attached hydrogens (tertiary/aromatic N) is 2. The van der Waals surface area contributed by atoms with E-state index in [0.29, 0.717) is 29.1 Å². The van der Waals surface area contributed by atoms with E-state index in [1.807, 2.05) is 55.5 Å². The van der Waals surface area contributed by atoms with Gasteiger partial charge in [0, 0.05) is 29.3 Å². The lowest BCUT2D eigenvalue weighted by atomic mass is 10.0. The van der Waals surface area contributed by atoms with Crippen LogP contribution in [0.15, 0.2) is 78.9 Å². The molecule has 1 aromatic heterocycles. The number of hydrogen-bond donors (Lipinski definition) is 3. The number of rotatable bonds is 6. The van der Waals surface area contributed by atoms with Crippen LogP contribution in [0.1, 0.15) is 58.8 Å². The van der Waals surface area contributed by atoms with E-state index in [4.69, 9.17) is 0 Å². The first kappa shape index (κ1) is 24.3. The fourth-order valence-electron chi connectivity index (χ4n) is 4.78. The molecule has 1 aliphatic rings. The van der Waals surface area contributed by atoms with Crippen molar-refractivity contribution in [2.45, 2.75) is 45.1 Å². The highest BCUT2D eigenvalue weighted by molar-refractivity contribution is 6.04. The summed E-state index contributed by atoms with van der Waals surface area (Å²) in [7, 11) is 0. The van der Waals surface area contributed by atoms with E-state index in [9.17, 15) is 14.7 Å². The van der Waals surface area contributed by atoms with Gasteiger partial charge < -0.3 is 15.7 Å². The Bertz CT molecular complexity index is 1400. The molecule has 1 fully saturated rings. The lowest BCUT2D eigenvalue weighted by molar-refractivity contribution is 0.102. The summed E-state index contributed by atoms with van der Waals surface area (Å²) in [6, 6.07) is 23.5. The van der Waals surface area contributed by atoms with E-state index < -0.39 is 0 Å². The third-order valence-corrected chi connectivity index (χ3v) is 6.83. The first-order valence-corrected chi connectivity index (χ1v) is 12.6. The predicted molar refractivity (Wildman–Crippen MR) is 144 cm³/mol. The van der Waals surface area contributed by atoms with Gasteiger partial charge in [0.15, 0.2) is 0 Å². The standard InChI is InChI=1S/C30H30N4O3/c1-20-11-13-23(14-12-20)29(36)32-24-15-16-28(35)25(17-24)26-18-27(22-9-5-6-10-22)34(33-26)30(37)31-19-21-7-3-2-4-8-21/h2-4,7-8,11-18,22,35H,5-6,9-10,19H2,1H3,(H,31,37)(H,32,36). The second-order valence-electron chi connectivity index (χ2n) is 9.54. The molecule has 0 spiro atoms. The number of carbonyl (C=O) groups is 2. The number of carbonyl (C=O) groups excluding carboxylic acids is 2. The van der Waals surface area contributed by atoms with Gasteiger partial charge in [-0.1, -0.05) is 60.9 Å². The van der Waals surface area contributed by atoms with Crippen molar-refractivity contribution in [3.63, 3.8) is 0 Å². The zero-order chi connectivity index (χ0) is 25.8. The molecule has 0 bridgehead atoms. The van der Waals surface area contributed by atoms with Crippen LogP contribution in [0.5, 0.6) is 5.75 Å². The van der Waals surface area contributed by atoms with Crippen LogP contribution in [0.3, 0.4) is 0 Å². The number of benzene rings is 3. The van der Waals surface area contributed by atoms with Gasteiger partial charge in [0.1, 0.15) is 5.75 Å². The monoisotopic (exact) mass is 494 g/mol. The Morgan fingerprint density at radius 2 is 1.70 bits per heavy atom. The van der Waals surface area contributed by atoms with Crippen LogP contribution in [0.2, 0.25) is 0 Å². The highest BCUT2D eigenvalue weighted by Gasteiger charge is 2.26. The van der Waals surface area contributed by atoms with Gasteiger partial charge in [0.05, 0.1) is 11.4 Å². The van der Waals surface area contributed by atoms with Crippen LogP contribution >= 0.6 is 0 Å². The molecule has 2 amide bonds. The summed E-state index contributed by atoms with van der Waals surface area (Å²) in [4.78, 5) is 25.9. The first-order valence-electron chi connectivity index (χ1n) is 12.6. The molecule has 1 heterocycles. The van der Waals surface area contributed by atoms with Crippen molar-refractivity contribution in [1.82, 2.24) is 15.1 Å². The molecule has 1 saturated carbocycles. The van der Waals surface area contributed by atoms with E-state index in [2.05, 4.69) is 15.7 Å². The number of amides is 2. The summed E-state index contributed by atoms with van der Waals surface area (Å²) < 4.78 is 1.44. The number of anilines is 1. The SMILES string of the molecule is Cc1ccc(C(=O)Nc2ccc(O)c(-c3cc(C4CCCC4)n(C(=O)NCc4ccccc4)n3)c2)cc1. The Labute approximate surface area is 216 Å². The number of nitrogens with one attached hydrogen (secondary N) is 2. The maximum Gasteiger partial charge on any atom is 0.342 e. The molecule has 3 aromatic carbocycles. The number of aryl methyl sites for hydroxylation is 1. The fraction of sp³-hybridized carbons (Fsp3) is 0.233. The van der Waals surface area contributed by atoms with Gasteiger partial charge in [0.2, 0.25) is 0 Å². The topological polar surface area (TPSA) is 96.2 Å². The van der Waals surface area contributed by atoms with Crippen LogP contribution in [0.4, 0.5) is 10.5 Å². The smallest absolute Gasteiger partial charge is 0.342 e. The van der Waals surface area contributed by atoms with E-state index in [1.54, 1.807) is 24.3 Å². The van der Waals surface area contributed by atoms with Gasteiger partial charge in [-0.05, 0) is 61.7 Å². The number of phenolic OH excluding ortho intramolecular Hbond substituents is 1. The maximum atomic E-state index is 13.2. The van der Waals surface area contributed by atoms with Gasteiger partial charge in [-0.25, -0.2) is 4.79 Å². The maximum absolute atomic E-state index is 13.2. The van der Waals surface area contributed by atoms with E-state index >= 15 is 0 Å². The number of aromatic hydroxyl groups is 1. The molecular weight excluding hydrogens is 464 g/mol. The number of phenols is 1. The number of aromatic nitrogens is 2. The van der Waals surface area contributed by atoms with Crippen LogP contribution in [0.25, 0.3) is 11.3 Å². The van der Waals surface area contributed by atoms with Crippen molar-refractivity contribution in [2.75, 3.05) is 5.32 Å². The molecule has 7 nitrogen and oxygen atoms in total. The van der Waals surface area contributed by atoms with Crippen molar-refractivity contribution < 1.29 is 14.7 Å². The first-order chi connectivity index (χ1) is 18.0. The van der Waals surface area contributed by atoms with Crippen LogP contribution in [-0.2, 0) is 6.54 Å². The normalized spacial score (nSPS) is 13.4. The third kappa shape index (κ3) is 5.56. The summed E-state index contributed by atoms with van der Waals surface area (Å²) >= 11 is 0. The Morgan fingerprint density at radius 1 is 0.973 bits per heavy atom. The van der Waals surface area contributed by atoms with Gasteiger partial charge in [0.25, 0.3) is 5.91 Å². The molecule has 7 heteroatoms. The Morgan fingerprint density at radius 3 is 2.43 bits per heavy atom.